The van der Waals surface area contributed by atoms with Gasteiger partial charge in [-0.1, -0.05) is 41.9 Å². The summed E-state index contributed by atoms with van der Waals surface area (Å²) in [7, 11) is -2.09. The summed E-state index contributed by atoms with van der Waals surface area (Å²) in [6, 6.07) is 7.75. The molecule has 2 atom stereocenters. The fourth-order valence-corrected chi connectivity index (χ4v) is 8.89. The molecule has 3 aliphatic rings. The number of pyridine rings is 1. The SMILES string of the molecule is CC[C@@H]1CN(Cc2cc(C(CC(=O)O)c3cc(C4CC4)c4c(nnn4C)c3C)cc3c2CCC3)S(=O)(=O)c2cc(Cl)cnc2O1. The van der Waals surface area contributed by atoms with Crippen LogP contribution >= 0.6 is 11.6 Å². The Bertz CT molecular complexity index is 1950. The lowest BCUT2D eigenvalue weighted by atomic mass is 9.82. The van der Waals surface area contributed by atoms with Gasteiger partial charge in [0.25, 0.3) is 0 Å². The molecule has 4 aromatic rings. The number of aliphatic carboxylic acids is 1. The van der Waals surface area contributed by atoms with E-state index in [1.54, 1.807) is 0 Å². The Morgan fingerprint density at radius 3 is 2.73 bits per heavy atom. The number of rotatable bonds is 8. The van der Waals surface area contributed by atoms with Crippen LogP contribution in [0.5, 0.6) is 5.88 Å². The van der Waals surface area contributed by atoms with E-state index in [1.807, 2.05) is 31.6 Å². The number of fused-ring (bicyclic) bond motifs is 3. The van der Waals surface area contributed by atoms with Gasteiger partial charge in [0.05, 0.1) is 23.5 Å². The predicted molar refractivity (Wildman–Crippen MR) is 169 cm³/mol. The van der Waals surface area contributed by atoms with E-state index in [-0.39, 0.29) is 41.4 Å². The molecule has 0 radical (unpaired) electrons. The smallest absolute Gasteiger partial charge is 0.304 e. The molecule has 0 bridgehead atoms. The molecule has 45 heavy (non-hydrogen) atoms. The van der Waals surface area contributed by atoms with E-state index in [1.165, 1.54) is 22.1 Å². The van der Waals surface area contributed by atoms with Crippen LogP contribution in [0.1, 0.15) is 89.8 Å². The van der Waals surface area contributed by atoms with Crippen molar-refractivity contribution in [3.05, 3.63) is 74.4 Å². The molecular formula is C33H36ClN5O5S. The Kier molecular flexibility index (Phi) is 7.61. The fraction of sp³-hybridized carbons (Fsp3) is 0.455. The van der Waals surface area contributed by atoms with E-state index in [0.717, 1.165) is 76.5 Å². The van der Waals surface area contributed by atoms with Crippen molar-refractivity contribution in [2.75, 3.05) is 6.54 Å². The molecule has 2 aliphatic carbocycles. The van der Waals surface area contributed by atoms with Crippen molar-refractivity contribution in [1.29, 1.82) is 0 Å². The second kappa shape index (κ2) is 11.4. The lowest BCUT2D eigenvalue weighted by molar-refractivity contribution is -0.137. The van der Waals surface area contributed by atoms with Crippen LogP contribution in [0.4, 0.5) is 0 Å². The third-order valence-corrected chi connectivity index (χ3v) is 11.6. The van der Waals surface area contributed by atoms with Crippen LogP contribution < -0.4 is 4.74 Å². The van der Waals surface area contributed by atoms with Gasteiger partial charge in [-0.05, 0) is 96.4 Å². The molecule has 1 aliphatic heterocycles. The van der Waals surface area contributed by atoms with Crippen molar-refractivity contribution in [2.24, 2.45) is 7.05 Å². The van der Waals surface area contributed by atoms with Gasteiger partial charge in [-0.2, -0.15) is 4.31 Å². The van der Waals surface area contributed by atoms with Gasteiger partial charge < -0.3 is 9.84 Å². The summed E-state index contributed by atoms with van der Waals surface area (Å²) in [5.74, 6) is -0.853. The highest BCUT2D eigenvalue weighted by molar-refractivity contribution is 7.89. The van der Waals surface area contributed by atoms with Crippen LogP contribution in [0.25, 0.3) is 11.0 Å². The van der Waals surface area contributed by atoms with Crippen LogP contribution in [-0.2, 0) is 41.3 Å². The molecule has 0 saturated heterocycles. The minimum atomic E-state index is -3.99. The monoisotopic (exact) mass is 649 g/mol. The van der Waals surface area contributed by atoms with Gasteiger partial charge in [-0.3, -0.25) is 4.79 Å². The number of carboxylic acid groups (broad SMARTS) is 1. The topological polar surface area (TPSA) is 128 Å². The number of aromatic nitrogens is 4. The van der Waals surface area contributed by atoms with Crippen LogP contribution in [0, 0.1) is 6.92 Å². The van der Waals surface area contributed by atoms with Crippen molar-refractivity contribution in [3.8, 4) is 5.88 Å². The van der Waals surface area contributed by atoms with Crippen molar-refractivity contribution in [2.45, 2.75) is 88.2 Å². The van der Waals surface area contributed by atoms with Crippen molar-refractivity contribution < 1.29 is 23.1 Å². The Balaban J connectivity index is 1.35. The summed E-state index contributed by atoms with van der Waals surface area (Å²) < 4.78 is 37.4. The molecule has 3 heterocycles. The number of halogens is 1. The van der Waals surface area contributed by atoms with E-state index < -0.39 is 21.9 Å². The van der Waals surface area contributed by atoms with Crippen LogP contribution in [0.2, 0.25) is 5.02 Å². The number of benzene rings is 2. The number of hydrogen-bond acceptors (Lipinski definition) is 7. The quantitative estimate of drug-likeness (QED) is 0.259. The second-order valence-electron chi connectivity index (χ2n) is 12.6. The van der Waals surface area contributed by atoms with Gasteiger partial charge in [0.2, 0.25) is 15.9 Å². The number of carbonyl (C=O) groups is 1. The third kappa shape index (κ3) is 5.38. The molecule has 10 nitrogen and oxygen atoms in total. The summed E-state index contributed by atoms with van der Waals surface area (Å²) in [6.45, 7) is 4.26. The van der Waals surface area contributed by atoms with Gasteiger partial charge in [-0.25, -0.2) is 18.1 Å². The van der Waals surface area contributed by atoms with Gasteiger partial charge >= 0.3 is 5.97 Å². The van der Waals surface area contributed by atoms with Gasteiger partial charge in [0.15, 0.2) is 0 Å². The molecule has 236 valence electrons. The van der Waals surface area contributed by atoms with Crippen LogP contribution in [0.3, 0.4) is 0 Å². The zero-order valence-electron chi connectivity index (χ0n) is 25.6. The molecule has 1 fully saturated rings. The lowest BCUT2D eigenvalue weighted by Crippen LogP contribution is -2.36. The molecule has 1 saturated carbocycles. The largest absolute Gasteiger partial charge is 0.481 e. The van der Waals surface area contributed by atoms with E-state index in [2.05, 4.69) is 27.4 Å². The minimum absolute atomic E-state index is 0.0389. The van der Waals surface area contributed by atoms with E-state index in [4.69, 9.17) is 16.3 Å². The van der Waals surface area contributed by atoms with Gasteiger partial charge in [-0.15, -0.1) is 5.10 Å². The number of carboxylic acids is 1. The number of sulfonamides is 1. The number of ether oxygens (including phenoxy) is 1. The minimum Gasteiger partial charge on any atom is -0.481 e. The average molecular weight is 650 g/mol. The summed E-state index contributed by atoms with van der Waals surface area (Å²) in [6.07, 6.45) is 6.36. The fourth-order valence-electron chi connectivity index (χ4n) is 7.12. The lowest BCUT2D eigenvalue weighted by Gasteiger charge is -2.26. The van der Waals surface area contributed by atoms with Gasteiger partial charge in [0.1, 0.15) is 16.5 Å². The molecule has 7 rings (SSSR count). The summed E-state index contributed by atoms with van der Waals surface area (Å²) in [5, 5.41) is 19.2. The third-order valence-electron chi connectivity index (χ3n) is 9.59. The number of hydrogen-bond donors (Lipinski definition) is 1. The highest BCUT2D eigenvalue weighted by Gasteiger charge is 2.37. The molecule has 0 spiro atoms. The Morgan fingerprint density at radius 2 is 2.00 bits per heavy atom. The highest BCUT2D eigenvalue weighted by Crippen LogP contribution is 2.46. The molecule has 2 aromatic carbocycles. The Labute approximate surface area is 267 Å². The number of aryl methyl sites for hydroxylation is 3. The maximum atomic E-state index is 14.1. The average Bonchev–Trinajstić information content (AvgIpc) is 3.63. The van der Waals surface area contributed by atoms with Crippen LogP contribution in [-0.4, -0.2) is 56.4 Å². The Hall–Kier alpha value is -3.54. The van der Waals surface area contributed by atoms with E-state index in [9.17, 15) is 18.3 Å². The normalized spacial score (nSPS) is 20.0. The predicted octanol–water partition coefficient (Wildman–Crippen LogP) is 5.66. The van der Waals surface area contributed by atoms with E-state index >= 15 is 0 Å². The molecule has 1 unspecified atom stereocenters. The maximum Gasteiger partial charge on any atom is 0.304 e. The molecule has 2 aromatic heterocycles. The molecule has 0 amide bonds. The summed E-state index contributed by atoms with van der Waals surface area (Å²) >= 11 is 6.19. The first-order valence-corrected chi connectivity index (χ1v) is 17.4. The first kappa shape index (κ1) is 30.1. The van der Waals surface area contributed by atoms with Gasteiger partial charge in [0, 0.05) is 25.7 Å². The van der Waals surface area contributed by atoms with Crippen LogP contribution in [0.15, 0.2) is 35.4 Å². The number of nitrogens with zero attached hydrogens (tertiary/aromatic N) is 5. The molecule has 1 N–H and O–H groups in total. The highest BCUT2D eigenvalue weighted by atomic mass is 35.5. The Morgan fingerprint density at radius 1 is 1.20 bits per heavy atom. The van der Waals surface area contributed by atoms with Crippen molar-refractivity contribution in [3.63, 3.8) is 0 Å². The summed E-state index contributed by atoms with van der Waals surface area (Å²) in [5.41, 5.74) is 8.92. The first-order chi connectivity index (χ1) is 21.5. The van der Waals surface area contributed by atoms with Crippen molar-refractivity contribution >= 4 is 38.6 Å². The second-order valence-corrected chi connectivity index (χ2v) is 14.9. The standard InChI is InChI=1S/C33H36ClN5O5S/c1-4-24-17-39(45(42,43)29-12-23(34)15-35-33(29)44-24)16-22-11-21(10-20-6-5-7-25(20)22)27(14-30(40)41)26-13-28(19-8-9-19)32-31(18(26)2)36-37-38(32)3/h10-13,15,19,24,27H,4-9,14,16-17H2,1-3H3,(H,40,41)/t24-,27?/m1/s1. The first-order valence-electron chi connectivity index (χ1n) is 15.6. The maximum absolute atomic E-state index is 14.1. The molecular weight excluding hydrogens is 614 g/mol. The van der Waals surface area contributed by atoms with E-state index in [0.29, 0.717) is 12.3 Å². The molecule has 12 heteroatoms. The van der Waals surface area contributed by atoms with Crippen molar-refractivity contribution in [1.82, 2.24) is 24.3 Å². The zero-order valence-corrected chi connectivity index (χ0v) is 27.2. The summed E-state index contributed by atoms with van der Waals surface area (Å²) in [4.78, 5) is 16.5. The zero-order chi connectivity index (χ0) is 31.6.